The number of carbonyl (C=O) groups is 2. The minimum atomic E-state index is -0.384. The number of nitrogens with one attached hydrogen (secondary N) is 2. The molecule has 0 bridgehead atoms. The normalized spacial score (nSPS) is 11.3. The predicted octanol–water partition coefficient (Wildman–Crippen LogP) is 8.71. The zero-order valence-corrected chi connectivity index (χ0v) is 21.5. The Kier molecular flexibility index (Phi) is 9.18. The van der Waals surface area contributed by atoms with Crippen molar-refractivity contribution < 1.29 is 9.59 Å². The highest BCUT2D eigenvalue weighted by Crippen LogP contribution is 2.30. The van der Waals surface area contributed by atoms with Crippen LogP contribution in [0.3, 0.4) is 0 Å². The quantitative estimate of drug-likeness (QED) is 0.173. The first-order valence-corrected chi connectivity index (χ1v) is 12.3. The number of rotatable bonds is 8. The molecule has 4 rings (SSSR count). The fourth-order valence-electron chi connectivity index (χ4n) is 3.33. The van der Waals surface area contributed by atoms with Gasteiger partial charge in [0, 0.05) is 27.9 Å². The fourth-order valence-corrected chi connectivity index (χ4v) is 3.73. The second-order valence-electron chi connectivity index (χ2n) is 8.02. The molecule has 6 nitrogen and oxygen atoms in total. The lowest BCUT2D eigenvalue weighted by atomic mass is 10.2. The van der Waals surface area contributed by atoms with E-state index < -0.39 is 0 Å². The van der Waals surface area contributed by atoms with Gasteiger partial charge in [-0.3, -0.25) is 9.59 Å². The van der Waals surface area contributed by atoms with Crippen LogP contribution in [0.4, 0.5) is 22.7 Å². The number of nitrogens with zero attached hydrogens (tertiary/aromatic N) is 2. The van der Waals surface area contributed by atoms with Crippen molar-refractivity contribution in [3.8, 4) is 0 Å². The summed E-state index contributed by atoms with van der Waals surface area (Å²) in [5.41, 5.74) is 3.51. The lowest BCUT2D eigenvalue weighted by Gasteiger charge is -2.09. The molecule has 0 aliphatic carbocycles. The average Bonchev–Trinajstić information content (AvgIpc) is 2.91. The SMILES string of the molecule is O=C(C=Cc1cccc(Cl)c1)Nc1ccc(N=Nc2ccccc2)c(NC(=O)C=Cc2cccc(Cl)c2)c1. The molecule has 2 amide bonds. The highest BCUT2D eigenvalue weighted by atomic mass is 35.5. The third-order valence-corrected chi connectivity index (χ3v) is 5.57. The highest BCUT2D eigenvalue weighted by molar-refractivity contribution is 6.31. The standard InChI is InChI=1S/C30H22Cl2N4O2/c31-23-8-4-6-21(18-23)12-16-29(37)33-26-14-15-27(36-35-25-10-2-1-3-11-25)28(20-26)34-30(38)17-13-22-7-5-9-24(32)19-22/h1-20H,(H,33,37)(H,34,38). The molecule has 38 heavy (non-hydrogen) atoms. The lowest BCUT2D eigenvalue weighted by Crippen LogP contribution is -2.10. The number of carbonyl (C=O) groups excluding carboxylic acids is 2. The Labute approximate surface area is 230 Å². The van der Waals surface area contributed by atoms with Crippen LogP contribution >= 0.6 is 23.2 Å². The first-order valence-electron chi connectivity index (χ1n) is 11.5. The molecule has 4 aromatic carbocycles. The molecule has 0 aliphatic heterocycles. The van der Waals surface area contributed by atoms with E-state index in [1.165, 1.54) is 12.2 Å². The topological polar surface area (TPSA) is 82.9 Å². The van der Waals surface area contributed by atoms with Gasteiger partial charge in [-0.25, -0.2) is 0 Å². The molecule has 0 unspecified atom stereocenters. The van der Waals surface area contributed by atoms with Gasteiger partial charge in [-0.1, -0.05) is 65.7 Å². The minimum absolute atomic E-state index is 0.346. The summed E-state index contributed by atoms with van der Waals surface area (Å²) in [5, 5.41) is 15.3. The number of anilines is 2. The van der Waals surface area contributed by atoms with Crippen LogP contribution in [0.2, 0.25) is 10.0 Å². The van der Waals surface area contributed by atoms with Gasteiger partial charge in [0.25, 0.3) is 0 Å². The molecule has 0 fully saturated rings. The molecule has 2 N–H and O–H groups in total. The molecule has 8 heteroatoms. The molecule has 0 radical (unpaired) electrons. The number of azo groups is 1. The average molecular weight is 541 g/mol. The maximum absolute atomic E-state index is 12.7. The number of benzene rings is 4. The smallest absolute Gasteiger partial charge is 0.248 e. The molecular formula is C30H22Cl2N4O2. The van der Waals surface area contributed by atoms with Crippen LogP contribution in [0.15, 0.2) is 119 Å². The van der Waals surface area contributed by atoms with Gasteiger partial charge >= 0.3 is 0 Å². The molecule has 4 aromatic rings. The molecule has 0 saturated carbocycles. The van der Waals surface area contributed by atoms with Gasteiger partial charge in [0.15, 0.2) is 0 Å². The van der Waals surface area contributed by atoms with Crippen molar-refractivity contribution in [1.29, 1.82) is 0 Å². The van der Waals surface area contributed by atoms with Gasteiger partial charge < -0.3 is 10.6 Å². The maximum Gasteiger partial charge on any atom is 0.248 e. The second-order valence-corrected chi connectivity index (χ2v) is 8.90. The Hall–Kier alpha value is -4.52. The fraction of sp³-hybridized carbons (Fsp3) is 0. The Morgan fingerprint density at radius 2 is 1.24 bits per heavy atom. The summed E-state index contributed by atoms with van der Waals surface area (Å²) in [6.07, 6.45) is 6.11. The Bertz CT molecular complexity index is 1530. The van der Waals surface area contributed by atoms with Crippen molar-refractivity contribution in [1.82, 2.24) is 0 Å². The first-order chi connectivity index (χ1) is 18.4. The van der Waals surface area contributed by atoms with Gasteiger partial charge in [-0.15, -0.1) is 5.11 Å². The summed E-state index contributed by atoms with van der Waals surface area (Å²) >= 11 is 12.0. The number of amides is 2. The van der Waals surface area contributed by atoms with Crippen molar-refractivity contribution >= 4 is 69.9 Å². The monoisotopic (exact) mass is 540 g/mol. The Balaban J connectivity index is 1.53. The molecule has 0 aliphatic rings. The molecule has 0 aromatic heterocycles. The van der Waals surface area contributed by atoms with Gasteiger partial charge in [0.2, 0.25) is 11.8 Å². The van der Waals surface area contributed by atoms with E-state index in [2.05, 4.69) is 20.9 Å². The Morgan fingerprint density at radius 3 is 1.84 bits per heavy atom. The van der Waals surface area contributed by atoms with E-state index in [9.17, 15) is 9.59 Å². The van der Waals surface area contributed by atoms with Crippen molar-refractivity contribution in [2.75, 3.05) is 10.6 Å². The first kappa shape index (κ1) is 26.5. The van der Waals surface area contributed by atoms with Crippen molar-refractivity contribution in [3.63, 3.8) is 0 Å². The number of halogens is 2. The van der Waals surface area contributed by atoms with Crippen LogP contribution in [-0.4, -0.2) is 11.8 Å². The van der Waals surface area contributed by atoms with E-state index in [0.717, 1.165) is 11.1 Å². The number of hydrogen-bond acceptors (Lipinski definition) is 4. The summed E-state index contributed by atoms with van der Waals surface area (Å²) < 4.78 is 0. The maximum atomic E-state index is 12.7. The Morgan fingerprint density at radius 1 is 0.632 bits per heavy atom. The van der Waals surface area contributed by atoms with E-state index >= 15 is 0 Å². The molecule has 0 saturated heterocycles. The minimum Gasteiger partial charge on any atom is -0.322 e. The van der Waals surface area contributed by atoms with Gasteiger partial charge in [0.05, 0.1) is 11.4 Å². The molecule has 188 valence electrons. The molecule has 0 heterocycles. The predicted molar refractivity (Wildman–Crippen MR) is 155 cm³/mol. The van der Waals surface area contributed by atoms with Gasteiger partial charge in [-0.2, -0.15) is 5.11 Å². The van der Waals surface area contributed by atoms with E-state index in [4.69, 9.17) is 23.2 Å². The summed E-state index contributed by atoms with van der Waals surface area (Å²) in [5.74, 6) is -0.729. The van der Waals surface area contributed by atoms with Gasteiger partial charge in [0.1, 0.15) is 5.69 Å². The van der Waals surface area contributed by atoms with Crippen LogP contribution in [-0.2, 0) is 9.59 Å². The summed E-state index contributed by atoms with van der Waals surface area (Å²) in [4.78, 5) is 25.2. The largest absolute Gasteiger partial charge is 0.322 e. The van der Waals surface area contributed by atoms with Crippen LogP contribution in [0, 0.1) is 0 Å². The summed E-state index contributed by atoms with van der Waals surface area (Å²) in [7, 11) is 0. The third-order valence-electron chi connectivity index (χ3n) is 5.10. The zero-order chi connectivity index (χ0) is 26.7. The van der Waals surface area contributed by atoms with Crippen molar-refractivity contribution in [3.05, 3.63) is 130 Å². The second kappa shape index (κ2) is 13.1. The van der Waals surface area contributed by atoms with Crippen LogP contribution in [0.25, 0.3) is 12.2 Å². The highest BCUT2D eigenvalue weighted by Gasteiger charge is 2.08. The van der Waals surface area contributed by atoms with E-state index in [1.807, 2.05) is 42.5 Å². The van der Waals surface area contributed by atoms with Crippen LogP contribution in [0.5, 0.6) is 0 Å². The summed E-state index contributed by atoms with van der Waals surface area (Å²) in [6.45, 7) is 0. The van der Waals surface area contributed by atoms with Gasteiger partial charge in [-0.05, 0) is 77.9 Å². The lowest BCUT2D eigenvalue weighted by molar-refractivity contribution is -0.112. The number of hydrogen-bond donors (Lipinski definition) is 2. The molecular weight excluding hydrogens is 519 g/mol. The van der Waals surface area contributed by atoms with E-state index in [-0.39, 0.29) is 11.8 Å². The van der Waals surface area contributed by atoms with Crippen molar-refractivity contribution in [2.45, 2.75) is 0 Å². The van der Waals surface area contributed by atoms with E-state index in [1.54, 1.807) is 66.7 Å². The van der Waals surface area contributed by atoms with Crippen LogP contribution < -0.4 is 10.6 Å². The van der Waals surface area contributed by atoms with E-state index in [0.29, 0.717) is 32.8 Å². The zero-order valence-electron chi connectivity index (χ0n) is 20.0. The molecule has 0 atom stereocenters. The summed E-state index contributed by atoms with van der Waals surface area (Å²) in [6, 6.07) is 28.5. The van der Waals surface area contributed by atoms with Crippen molar-refractivity contribution in [2.24, 2.45) is 10.2 Å². The van der Waals surface area contributed by atoms with Crippen LogP contribution in [0.1, 0.15) is 11.1 Å². The molecule has 0 spiro atoms. The third kappa shape index (κ3) is 8.27.